The highest BCUT2D eigenvalue weighted by Gasteiger charge is 2.54. The van der Waals surface area contributed by atoms with Gasteiger partial charge in [-0.3, -0.25) is 29.0 Å². The second-order valence-corrected chi connectivity index (χ2v) is 22.0. The predicted molar refractivity (Wildman–Crippen MR) is 304 cm³/mol. The van der Waals surface area contributed by atoms with Crippen LogP contribution in [-0.4, -0.2) is 148 Å². The second-order valence-electron chi connectivity index (χ2n) is 21.7. The van der Waals surface area contributed by atoms with Gasteiger partial charge in [-0.1, -0.05) is 36.4 Å². The summed E-state index contributed by atoms with van der Waals surface area (Å²) in [7, 11) is 0. The van der Waals surface area contributed by atoms with Crippen LogP contribution in [0, 0.1) is 46.7 Å². The smallest absolute Gasteiger partial charge is 0.395 e. The molecular formula is C62H65ClF12N6O6. The molecule has 5 N–H and O–H groups in total. The van der Waals surface area contributed by atoms with Crippen LogP contribution in [0.25, 0.3) is 34.0 Å². The fraction of sp³-hybridized carbons (Fsp3) is 0.419. The number of allylic oxidation sites excluding steroid dienone is 1. The van der Waals surface area contributed by atoms with Crippen molar-refractivity contribution in [2.45, 2.75) is 87.6 Å². The lowest BCUT2D eigenvalue weighted by Crippen LogP contribution is -2.50. The summed E-state index contributed by atoms with van der Waals surface area (Å²) in [5.41, 5.74) is 5.39. The summed E-state index contributed by atoms with van der Waals surface area (Å²) >= 11 is 4.95. The third kappa shape index (κ3) is 18.2. The summed E-state index contributed by atoms with van der Waals surface area (Å²) in [6.45, 7) is 7.81. The number of aliphatic hydroxyl groups excluding tert-OH is 2. The molecule has 12 nitrogen and oxygen atoms in total. The number of Topliss-reactive ketones (excluding diaryl/α,β-unsaturated/α-hetero) is 2. The van der Waals surface area contributed by atoms with Crippen molar-refractivity contribution < 1.29 is 82.1 Å². The molecule has 6 heterocycles. The van der Waals surface area contributed by atoms with Gasteiger partial charge < -0.3 is 30.4 Å². The number of halogens is 13. The van der Waals surface area contributed by atoms with Crippen molar-refractivity contribution >= 4 is 68.3 Å². The van der Waals surface area contributed by atoms with Crippen LogP contribution in [0.2, 0.25) is 0 Å². The first-order valence-corrected chi connectivity index (χ1v) is 28.6. The molecule has 2 unspecified atom stereocenters. The maximum Gasteiger partial charge on any atom is 0.458 e. The van der Waals surface area contributed by atoms with Crippen molar-refractivity contribution in [3.63, 3.8) is 0 Å². The Morgan fingerprint density at radius 3 is 1.28 bits per heavy atom. The first-order valence-electron chi connectivity index (χ1n) is 28.3. The number of hydrogen-bond acceptors (Lipinski definition) is 9. The number of carbonyl (C=O) groups is 4. The summed E-state index contributed by atoms with van der Waals surface area (Å²) in [6.07, 6.45) is 5.83. The topological polar surface area (TPSA) is 162 Å². The maximum absolute atomic E-state index is 13.4. The van der Waals surface area contributed by atoms with Crippen molar-refractivity contribution in [1.82, 2.24) is 30.0 Å². The molecule has 4 aromatic carbocycles. The quantitative estimate of drug-likeness (QED) is 0.0249. The zero-order chi connectivity index (χ0) is 63.2. The van der Waals surface area contributed by atoms with Gasteiger partial charge in [-0.05, 0) is 203 Å². The molecule has 2 aromatic heterocycles. The molecule has 87 heavy (non-hydrogen) atoms. The fourth-order valence-electron chi connectivity index (χ4n) is 11.8. The number of carbonyl (C=O) groups excluding carboxylic acids is 4. The van der Waals surface area contributed by atoms with E-state index in [0.29, 0.717) is 49.4 Å². The molecule has 470 valence electrons. The number of aliphatic hydroxyl groups is 2. The van der Waals surface area contributed by atoms with Gasteiger partial charge in [-0.2, -0.15) is 26.3 Å². The van der Waals surface area contributed by atoms with E-state index in [0.717, 1.165) is 101 Å². The largest absolute Gasteiger partial charge is 0.458 e. The van der Waals surface area contributed by atoms with Gasteiger partial charge in [0.15, 0.2) is 34.9 Å². The van der Waals surface area contributed by atoms with Gasteiger partial charge in [0.2, 0.25) is 11.1 Å². The van der Waals surface area contributed by atoms with Gasteiger partial charge in [-0.15, -0.1) is 0 Å². The number of fused-ring (bicyclic) bond motifs is 2. The summed E-state index contributed by atoms with van der Waals surface area (Å²) in [6, 6.07) is 20.7. The summed E-state index contributed by atoms with van der Waals surface area (Å²) < 4.78 is 145. The summed E-state index contributed by atoms with van der Waals surface area (Å²) in [4.78, 5) is 55.6. The van der Waals surface area contributed by atoms with Crippen LogP contribution in [-0.2, 0) is 19.2 Å². The zero-order valence-corrected chi connectivity index (χ0v) is 47.6. The number of aromatic nitrogens is 2. The number of nitrogens with zero attached hydrogens (tertiary/aromatic N) is 3. The lowest BCUT2D eigenvalue weighted by molar-refractivity contribution is -0.193. The molecule has 4 saturated heterocycles. The van der Waals surface area contributed by atoms with E-state index in [9.17, 15) is 82.1 Å². The number of likely N-dealkylation sites (tertiary alicyclic amines) is 3. The average Bonchev–Trinajstić information content (AvgIpc) is 2.18. The fourth-order valence-corrected chi connectivity index (χ4v) is 11.9. The minimum absolute atomic E-state index is 0.0235. The average molecular weight is 1250 g/mol. The van der Waals surface area contributed by atoms with Crippen molar-refractivity contribution in [2.24, 2.45) is 11.8 Å². The number of ketones is 2. The number of alkyl halides is 6. The molecule has 4 aliphatic heterocycles. The van der Waals surface area contributed by atoms with Crippen molar-refractivity contribution in [2.75, 3.05) is 65.6 Å². The number of para-hydroxylation sites is 2. The first kappa shape index (κ1) is 67.7. The number of aromatic amines is 2. The Kier molecular flexibility index (Phi) is 24.0. The summed E-state index contributed by atoms with van der Waals surface area (Å²) in [5, 5.41) is 25.5. The van der Waals surface area contributed by atoms with Crippen molar-refractivity contribution in [1.29, 1.82) is 0 Å². The molecule has 10 rings (SSSR count). The number of piperidine rings is 4. The molecule has 4 fully saturated rings. The maximum atomic E-state index is 13.4. The Balaban J connectivity index is 0.000000184. The molecule has 2 atom stereocenters. The van der Waals surface area contributed by atoms with E-state index in [1.54, 1.807) is 4.90 Å². The minimum atomic E-state index is -5.77. The van der Waals surface area contributed by atoms with Gasteiger partial charge in [0.25, 0.3) is 0 Å². The van der Waals surface area contributed by atoms with Crippen LogP contribution in [0.3, 0.4) is 0 Å². The number of nitrogens with one attached hydrogen (secondary N) is 3. The molecule has 0 saturated carbocycles. The second kappa shape index (κ2) is 30.9. The van der Waals surface area contributed by atoms with E-state index in [2.05, 4.69) is 79.9 Å². The SMILES string of the molecule is O=C(/C=C/c1cc(F)c(F)c(F)c1)N1CCC(C(CO)N2CCC(c3c[nH]c4ccccc34)CC2)CC1.O=C(C(=O)C(F)(F)F)C(F)(F)F.O=C(Cl)/C=C/c1cc(F)c(F)c(F)c1.OCC(C1CCNCC1)N1CCC(c2c[nH]c3ccccc23)CC1. The third-order valence-corrected chi connectivity index (χ3v) is 16.5. The number of H-pyrrole nitrogens is 2. The Morgan fingerprint density at radius 1 is 0.540 bits per heavy atom. The van der Waals surface area contributed by atoms with Crippen LogP contribution in [0.15, 0.2) is 97.3 Å². The molecule has 0 bridgehead atoms. The van der Waals surface area contributed by atoms with Gasteiger partial charge in [0.1, 0.15) is 0 Å². The molecule has 6 aromatic rings. The van der Waals surface area contributed by atoms with E-state index >= 15 is 0 Å². The van der Waals surface area contributed by atoms with E-state index in [4.69, 9.17) is 11.6 Å². The van der Waals surface area contributed by atoms with Crippen LogP contribution < -0.4 is 5.32 Å². The number of hydrogen-bond donors (Lipinski definition) is 5. The molecule has 0 spiro atoms. The summed E-state index contributed by atoms with van der Waals surface area (Å²) in [5.74, 6) is -13.2. The van der Waals surface area contributed by atoms with Crippen LogP contribution in [0.5, 0.6) is 0 Å². The van der Waals surface area contributed by atoms with Crippen LogP contribution in [0.1, 0.15) is 85.5 Å². The van der Waals surface area contributed by atoms with Gasteiger partial charge in [0, 0.05) is 65.4 Å². The number of benzene rings is 4. The molecule has 25 heteroatoms. The lowest BCUT2D eigenvalue weighted by Gasteiger charge is -2.43. The van der Waals surface area contributed by atoms with E-state index in [1.165, 1.54) is 70.8 Å². The molecule has 0 radical (unpaired) electrons. The van der Waals surface area contributed by atoms with Crippen LogP contribution in [0.4, 0.5) is 52.7 Å². The molecular weight excluding hydrogens is 1190 g/mol. The standard InChI is InChI=1S/C29H32F3N3O2.C20H29N3O.C9H4ClF3O.C4F6O2/c30-24-15-19(16-25(31)29(24)32)5-6-28(37)35-13-9-21(10-14-35)27(18-36)34-11-7-20(8-12-34)23-17-33-26-4-2-1-3-22(23)26;24-14-20(16-5-9-21-10-6-16)23-11-7-15(8-12-23)18-13-22-19-4-2-1-3-17(18)19;10-8(14)2-1-5-3-6(11)9(13)7(12)4-5;5-3(6,7)1(11)2(12)4(8,9)10/h1-6,15-17,20-21,27,33,36H,7-14,18H2;1-4,13,15-16,20-22,24H,5-12,14H2;1-4H;/b6-5+;;2-1+;. The molecule has 1 amide bonds. The molecule has 0 aliphatic carbocycles. The minimum Gasteiger partial charge on any atom is -0.395 e. The highest BCUT2D eigenvalue weighted by molar-refractivity contribution is 6.66. The van der Waals surface area contributed by atoms with Crippen LogP contribution >= 0.6 is 11.6 Å². The monoisotopic (exact) mass is 1250 g/mol. The predicted octanol–water partition coefficient (Wildman–Crippen LogP) is 11.9. The van der Waals surface area contributed by atoms with Gasteiger partial charge in [0.05, 0.1) is 13.2 Å². The Labute approximate surface area is 498 Å². The van der Waals surface area contributed by atoms with E-state index in [1.807, 2.05) is 6.07 Å². The zero-order valence-electron chi connectivity index (χ0n) is 46.9. The Hall–Kier alpha value is -6.83. The third-order valence-electron chi connectivity index (χ3n) is 16.4. The molecule has 4 aliphatic rings. The first-order chi connectivity index (χ1) is 41.4. The van der Waals surface area contributed by atoms with E-state index < -0.39 is 64.1 Å². The van der Waals surface area contributed by atoms with E-state index in [-0.39, 0.29) is 29.7 Å². The van der Waals surface area contributed by atoms with Crippen molar-refractivity contribution in [3.05, 3.63) is 154 Å². The van der Waals surface area contributed by atoms with Gasteiger partial charge >= 0.3 is 23.9 Å². The number of amides is 1. The Morgan fingerprint density at radius 2 is 0.908 bits per heavy atom. The normalized spacial score (nSPS) is 18.0. The van der Waals surface area contributed by atoms with Crippen molar-refractivity contribution in [3.8, 4) is 0 Å². The Bertz CT molecular complexity index is 3290. The highest BCUT2D eigenvalue weighted by Crippen LogP contribution is 2.37. The van der Waals surface area contributed by atoms with Gasteiger partial charge in [-0.25, -0.2) is 26.3 Å². The lowest BCUT2D eigenvalue weighted by atomic mass is 9.84. The highest BCUT2D eigenvalue weighted by atomic mass is 35.5. The number of rotatable bonds is 13.